The molecule has 2 amide bonds. The topological polar surface area (TPSA) is 50.4 Å². The smallest absolute Gasteiger partial charge is 0.319 e. The maximum atomic E-state index is 11.6. The van der Waals surface area contributed by atoms with Crippen LogP contribution in [0, 0.1) is 0 Å². The highest BCUT2D eigenvalue weighted by molar-refractivity contribution is 7.08. The lowest BCUT2D eigenvalue weighted by atomic mass is 9.89. The summed E-state index contributed by atoms with van der Waals surface area (Å²) in [6.45, 7) is 4.06. The van der Waals surface area contributed by atoms with E-state index in [0.29, 0.717) is 6.10 Å². The highest BCUT2D eigenvalue weighted by atomic mass is 32.1. The zero-order valence-electron chi connectivity index (χ0n) is 10.1. The molecule has 0 radical (unpaired) electrons. The summed E-state index contributed by atoms with van der Waals surface area (Å²) in [5.41, 5.74) is 0.849. The molecule has 0 bridgehead atoms. The number of hydrogen-bond acceptors (Lipinski definition) is 3. The first-order chi connectivity index (χ1) is 8.13. The first-order valence-electron chi connectivity index (χ1n) is 5.88. The molecule has 0 unspecified atom stereocenters. The molecule has 2 rings (SSSR count). The number of carbonyl (C=O) groups is 1. The van der Waals surface area contributed by atoms with Crippen LogP contribution in [0.15, 0.2) is 16.8 Å². The van der Waals surface area contributed by atoms with Crippen LogP contribution in [0.25, 0.3) is 0 Å². The van der Waals surface area contributed by atoms with Crippen molar-refractivity contribution in [3.05, 3.63) is 16.8 Å². The quantitative estimate of drug-likeness (QED) is 0.868. The van der Waals surface area contributed by atoms with E-state index >= 15 is 0 Å². The molecule has 1 fully saturated rings. The summed E-state index contributed by atoms with van der Waals surface area (Å²) in [6.07, 6.45) is 2.40. The first-order valence-corrected chi connectivity index (χ1v) is 6.83. The molecule has 0 atom stereocenters. The Morgan fingerprint density at radius 3 is 2.88 bits per heavy atom. The van der Waals surface area contributed by atoms with Gasteiger partial charge in [0, 0.05) is 11.4 Å². The lowest BCUT2D eigenvalue weighted by Gasteiger charge is -2.36. The summed E-state index contributed by atoms with van der Waals surface area (Å²) in [4.78, 5) is 11.6. The van der Waals surface area contributed by atoms with Crippen LogP contribution < -0.4 is 10.6 Å². The van der Waals surface area contributed by atoms with E-state index in [1.165, 1.54) is 0 Å². The summed E-state index contributed by atoms with van der Waals surface area (Å²) in [7, 11) is 0. The average Bonchev–Trinajstić information content (AvgIpc) is 2.66. The fourth-order valence-electron chi connectivity index (χ4n) is 1.87. The van der Waals surface area contributed by atoms with Gasteiger partial charge in [0.15, 0.2) is 0 Å². The van der Waals surface area contributed by atoms with E-state index in [0.717, 1.165) is 18.5 Å². The largest absolute Gasteiger partial charge is 0.375 e. The monoisotopic (exact) mass is 254 g/mol. The Morgan fingerprint density at radius 1 is 1.53 bits per heavy atom. The van der Waals surface area contributed by atoms with E-state index in [1.807, 2.05) is 30.7 Å². The number of nitrogens with one attached hydrogen (secondary N) is 2. The van der Waals surface area contributed by atoms with E-state index in [4.69, 9.17) is 4.74 Å². The number of amides is 2. The standard InChI is InChI=1S/C12H18N2O2S/c1-8(2)16-11-5-10(6-11)14-12(15)13-9-3-4-17-7-9/h3-4,7-8,10-11H,5-6H2,1-2H3,(H2,13,14,15). The number of urea groups is 1. The minimum atomic E-state index is -0.128. The van der Waals surface area contributed by atoms with Crippen LogP contribution in [0.4, 0.5) is 10.5 Å². The Bertz CT molecular complexity index is 359. The second kappa shape index (κ2) is 5.51. The number of ether oxygens (including phenoxy) is 1. The molecule has 1 heterocycles. The van der Waals surface area contributed by atoms with Crippen molar-refractivity contribution >= 4 is 23.1 Å². The van der Waals surface area contributed by atoms with E-state index in [2.05, 4.69) is 10.6 Å². The van der Waals surface area contributed by atoms with Crippen molar-refractivity contribution in [2.75, 3.05) is 5.32 Å². The lowest BCUT2D eigenvalue weighted by molar-refractivity contribution is -0.0473. The van der Waals surface area contributed by atoms with Crippen LogP contribution in [0.5, 0.6) is 0 Å². The van der Waals surface area contributed by atoms with Crippen molar-refractivity contribution in [1.82, 2.24) is 5.32 Å². The molecule has 0 saturated heterocycles. The molecule has 17 heavy (non-hydrogen) atoms. The third-order valence-electron chi connectivity index (χ3n) is 2.67. The van der Waals surface area contributed by atoms with Crippen molar-refractivity contribution in [3.8, 4) is 0 Å². The maximum Gasteiger partial charge on any atom is 0.319 e. The molecule has 94 valence electrons. The predicted molar refractivity (Wildman–Crippen MR) is 69.5 cm³/mol. The number of carbonyl (C=O) groups excluding carboxylic acids is 1. The van der Waals surface area contributed by atoms with Gasteiger partial charge in [-0.25, -0.2) is 4.79 Å². The Labute approximate surface area is 105 Å². The van der Waals surface area contributed by atoms with Gasteiger partial charge < -0.3 is 15.4 Å². The molecule has 0 aromatic carbocycles. The fraction of sp³-hybridized carbons (Fsp3) is 0.583. The number of hydrogen-bond donors (Lipinski definition) is 2. The van der Waals surface area contributed by atoms with Gasteiger partial charge in [0.1, 0.15) is 0 Å². The van der Waals surface area contributed by atoms with Crippen LogP contribution in [0.2, 0.25) is 0 Å². The van der Waals surface area contributed by atoms with Crippen LogP contribution in [0.3, 0.4) is 0 Å². The van der Waals surface area contributed by atoms with Gasteiger partial charge in [-0.15, -0.1) is 0 Å². The van der Waals surface area contributed by atoms with Crippen LogP contribution >= 0.6 is 11.3 Å². The summed E-state index contributed by atoms with van der Waals surface area (Å²) in [5.74, 6) is 0. The third-order valence-corrected chi connectivity index (χ3v) is 3.36. The van der Waals surface area contributed by atoms with E-state index < -0.39 is 0 Å². The summed E-state index contributed by atoms with van der Waals surface area (Å²) < 4.78 is 5.63. The highest BCUT2D eigenvalue weighted by Gasteiger charge is 2.31. The summed E-state index contributed by atoms with van der Waals surface area (Å²) in [5, 5.41) is 9.57. The SMILES string of the molecule is CC(C)OC1CC(NC(=O)Nc2ccsc2)C1. The van der Waals surface area contributed by atoms with E-state index in [-0.39, 0.29) is 18.2 Å². The van der Waals surface area contributed by atoms with Gasteiger partial charge in [-0.3, -0.25) is 0 Å². The predicted octanol–water partition coefficient (Wildman–Crippen LogP) is 2.83. The maximum absolute atomic E-state index is 11.6. The normalized spacial score (nSPS) is 23.2. The molecule has 1 aliphatic rings. The van der Waals surface area contributed by atoms with Gasteiger partial charge in [-0.2, -0.15) is 11.3 Å². The number of thiophene rings is 1. The number of rotatable bonds is 4. The Hall–Kier alpha value is -1.07. The average molecular weight is 254 g/mol. The molecule has 1 aromatic heterocycles. The third kappa shape index (κ3) is 3.71. The summed E-state index contributed by atoms with van der Waals surface area (Å²) in [6, 6.07) is 2.00. The zero-order chi connectivity index (χ0) is 12.3. The van der Waals surface area contributed by atoms with E-state index in [9.17, 15) is 4.79 Å². The molecular weight excluding hydrogens is 236 g/mol. The Balaban J connectivity index is 1.65. The second-order valence-corrected chi connectivity index (χ2v) is 5.37. The first kappa shape index (κ1) is 12.4. The van der Waals surface area contributed by atoms with Gasteiger partial charge in [0.2, 0.25) is 0 Å². The second-order valence-electron chi connectivity index (χ2n) is 4.59. The Kier molecular flexibility index (Phi) is 4.02. The molecule has 1 aromatic rings. The van der Waals surface area contributed by atoms with Crippen LogP contribution in [0.1, 0.15) is 26.7 Å². The fourth-order valence-corrected chi connectivity index (χ4v) is 2.46. The molecule has 5 heteroatoms. The highest BCUT2D eigenvalue weighted by Crippen LogP contribution is 2.24. The molecule has 1 saturated carbocycles. The van der Waals surface area contributed by atoms with Gasteiger partial charge in [0.25, 0.3) is 0 Å². The number of anilines is 1. The Morgan fingerprint density at radius 2 is 2.29 bits per heavy atom. The molecule has 2 N–H and O–H groups in total. The zero-order valence-corrected chi connectivity index (χ0v) is 10.9. The van der Waals surface area contributed by atoms with Crippen molar-refractivity contribution in [2.45, 2.75) is 44.9 Å². The molecule has 0 aliphatic heterocycles. The van der Waals surface area contributed by atoms with Gasteiger partial charge in [-0.05, 0) is 38.1 Å². The van der Waals surface area contributed by atoms with Crippen molar-refractivity contribution in [1.29, 1.82) is 0 Å². The van der Waals surface area contributed by atoms with Gasteiger partial charge in [-0.1, -0.05) is 0 Å². The van der Waals surface area contributed by atoms with E-state index in [1.54, 1.807) is 11.3 Å². The molecular formula is C12H18N2O2S. The van der Waals surface area contributed by atoms with Crippen LogP contribution in [-0.4, -0.2) is 24.3 Å². The van der Waals surface area contributed by atoms with Crippen molar-refractivity contribution in [3.63, 3.8) is 0 Å². The molecule has 0 spiro atoms. The van der Waals surface area contributed by atoms with Gasteiger partial charge in [0.05, 0.1) is 17.9 Å². The van der Waals surface area contributed by atoms with Crippen molar-refractivity contribution in [2.24, 2.45) is 0 Å². The summed E-state index contributed by atoms with van der Waals surface area (Å²) >= 11 is 1.56. The lowest BCUT2D eigenvalue weighted by Crippen LogP contribution is -2.49. The minimum Gasteiger partial charge on any atom is -0.375 e. The van der Waals surface area contributed by atoms with Crippen LogP contribution in [-0.2, 0) is 4.74 Å². The molecule has 1 aliphatic carbocycles. The molecule has 4 nitrogen and oxygen atoms in total. The van der Waals surface area contributed by atoms with Crippen molar-refractivity contribution < 1.29 is 9.53 Å². The minimum absolute atomic E-state index is 0.128. The van der Waals surface area contributed by atoms with Gasteiger partial charge >= 0.3 is 6.03 Å².